The Bertz CT molecular complexity index is 519. The van der Waals surface area contributed by atoms with Crippen LogP contribution in [0.4, 0.5) is 4.39 Å². The molecule has 1 heterocycles. The zero-order valence-corrected chi connectivity index (χ0v) is 9.46. The van der Waals surface area contributed by atoms with Gasteiger partial charge in [-0.3, -0.25) is 0 Å². The lowest BCUT2D eigenvalue weighted by molar-refractivity contribution is 0.392. The largest absolute Gasteiger partial charge is 0.493 e. The molecule has 0 spiro atoms. The van der Waals surface area contributed by atoms with Gasteiger partial charge in [-0.05, 0) is 25.1 Å². The summed E-state index contributed by atoms with van der Waals surface area (Å²) < 4.78 is 20.6. The summed E-state index contributed by atoms with van der Waals surface area (Å²) in [6.45, 7) is 3.27. The molecule has 0 aliphatic heterocycles. The number of rotatable bonds is 3. The molecule has 2 rings (SSSR count). The molecule has 0 unspecified atom stereocenters. The molecule has 0 saturated heterocycles. The van der Waals surface area contributed by atoms with E-state index in [0.717, 1.165) is 23.1 Å². The number of hydrogen-bond donors (Lipinski definition) is 1. The molecule has 2 N–H and O–H groups in total. The van der Waals surface area contributed by atoms with Gasteiger partial charge in [0.25, 0.3) is 0 Å². The lowest BCUT2D eigenvalue weighted by Crippen LogP contribution is -2.10. The van der Waals surface area contributed by atoms with Crippen LogP contribution in [-0.4, -0.2) is 18.2 Å². The van der Waals surface area contributed by atoms with Gasteiger partial charge in [0.2, 0.25) is 0 Å². The van der Waals surface area contributed by atoms with E-state index in [9.17, 15) is 4.39 Å². The summed E-state index contributed by atoms with van der Waals surface area (Å²) in [6.07, 6.45) is 0. The molecule has 3 nitrogen and oxygen atoms in total. The van der Waals surface area contributed by atoms with E-state index in [1.807, 2.05) is 13.0 Å². The molecule has 0 aliphatic rings. The third-order valence-electron chi connectivity index (χ3n) is 2.75. The van der Waals surface area contributed by atoms with E-state index in [-0.39, 0.29) is 5.82 Å². The Hall–Kier alpha value is -1.55. The van der Waals surface area contributed by atoms with E-state index < -0.39 is 0 Å². The Morgan fingerprint density at radius 1 is 1.44 bits per heavy atom. The van der Waals surface area contributed by atoms with Gasteiger partial charge in [-0.25, -0.2) is 4.39 Å². The van der Waals surface area contributed by atoms with Crippen molar-refractivity contribution in [2.75, 3.05) is 13.7 Å². The normalized spacial score (nSPS) is 11.0. The van der Waals surface area contributed by atoms with E-state index >= 15 is 0 Å². The number of aromatic nitrogens is 1. The van der Waals surface area contributed by atoms with Gasteiger partial charge in [-0.1, -0.05) is 0 Å². The van der Waals surface area contributed by atoms with E-state index in [2.05, 4.69) is 4.57 Å². The molecule has 0 amide bonds. The molecule has 16 heavy (non-hydrogen) atoms. The molecule has 1 aromatic carbocycles. The van der Waals surface area contributed by atoms with Crippen LogP contribution in [0.25, 0.3) is 10.9 Å². The predicted molar refractivity (Wildman–Crippen MR) is 62.2 cm³/mol. The van der Waals surface area contributed by atoms with Crippen LogP contribution in [-0.2, 0) is 6.54 Å². The highest BCUT2D eigenvalue weighted by Crippen LogP contribution is 2.31. The molecule has 0 aliphatic carbocycles. The van der Waals surface area contributed by atoms with Crippen molar-refractivity contribution >= 4 is 10.9 Å². The predicted octanol–water partition coefficient (Wildman–Crippen LogP) is 2.06. The first-order chi connectivity index (χ1) is 7.69. The Morgan fingerprint density at radius 3 is 2.81 bits per heavy atom. The van der Waals surface area contributed by atoms with Crippen molar-refractivity contribution in [3.05, 3.63) is 29.7 Å². The van der Waals surface area contributed by atoms with Gasteiger partial charge in [-0.2, -0.15) is 0 Å². The first-order valence-electron chi connectivity index (χ1n) is 5.21. The minimum absolute atomic E-state index is 0.302. The standard InChI is InChI=1S/C12H15FN2O/c1-8-7-9-11(15(8)6-5-14)4-3-10(13)12(9)16-2/h3-4,7H,5-6,14H2,1-2H3. The zero-order chi connectivity index (χ0) is 11.7. The second kappa shape index (κ2) is 4.14. The second-order valence-corrected chi connectivity index (χ2v) is 3.74. The molecule has 4 heteroatoms. The number of fused-ring (bicyclic) bond motifs is 1. The highest BCUT2D eigenvalue weighted by Gasteiger charge is 2.12. The maximum atomic E-state index is 13.5. The molecule has 0 radical (unpaired) electrons. The van der Waals surface area contributed by atoms with Gasteiger partial charge in [0.15, 0.2) is 11.6 Å². The topological polar surface area (TPSA) is 40.2 Å². The fourth-order valence-electron chi connectivity index (χ4n) is 2.05. The molecule has 2 aromatic rings. The lowest BCUT2D eigenvalue weighted by atomic mass is 10.2. The lowest BCUT2D eigenvalue weighted by Gasteiger charge is -2.07. The summed E-state index contributed by atoms with van der Waals surface area (Å²) >= 11 is 0. The van der Waals surface area contributed by atoms with Crippen LogP contribution in [0.5, 0.6) is 5.75 Å². The summed E-state index contributed by atoms with van der Waals surface area (Å²) in [7, 11) is 1.48. The first kappa shape index (κ1) is 11.0. The van der Waals surface area contributed by atoms with Crippen molar-refractivity contribution < 1.29 is 9.13 Å². The van der Waals surface area contributed by atoms with E-state index in [0.29, 0.717) is 12.3 Å². The number of ether oxygens (including phenoxy) is 1. The van der Waals surface area contributed by atoms with Gasteiger partial charge in [0, 0.05) is 24.2 Å². The fourth-order valence-corrected chi connectivity index (χ4v) is 2.05. The van der Waals surface area contributed by atoms with Crippen LogP contribution in [0.15, 0.2) is 18.2 Å². The fraction of sp³-hybridized carbons (Fsp3) is 0.333. The smallest absolute Gasteiger partial charge is 0.165 e. The zero-order valence-electron chi connectivity index (χ0n) is 9.46. The highest BCUT2D eigenvalue weighted by molar-refractivity contribution is 5.87. The van der Waals surface area contributed by atoms with Crippen molar-refractivity contribution in [1.82, 2.24) is 4.57 Å². The van der Waals surface area contributed by atoms with Crippen LogP contribution in [0.3, 0.4) is 0 Å². The number of hydrogen-bond acceptors (Lipinski definition) is 2. The monoisotopic (exact) mass is 222 g/mol. The summed E-state index contributed by atoms with van der Waals surface area (Å²) in [5.41, 5.74) is 7.57. The van der Waals surface area contributed by atoms with Gasteiger partial charge >= 0.3 is 0 Å². The van der Waals surface area contributed by atoms with Gasteiger partial charge in [0.05, 0.1) is 12.6 Å². The summed E-state index contributed by atoms with van der Waals surface area (Å²) in [6, 6.07) is 5.11. The third-order valence-corrected chi connectivity index (χ3v) is 2.75. The van der Waals surface area contributed by atoms with E-state index in [1.54, 1.807) is 6.07 Å². The van der Waals surface area contributed by atoms with E-state index in [4.69, 9.17) is 10.5 Å². The van der Waals surface area contributed by atoms with Crippen molar-refractivity contribution in [2.24, 2.45) is 5.73 Å². The highest BCUT2D eigenvalue weighted by atomic mass is 19.1. The quantitative estimate of drug-likeness (QED) is 0.863. The molecule has 0 bridgehead atoms. The number of benzene rings is 1. The Labute approximate surface area is 93.6 Å². The van der Waals surface area contributed by atoms with Crippen molar-refractivity contribution in [1.29, 1.82) is 0 Å². The van der Waals surface area contributed by atoms with Crippen molar-refractivity contribution in [3.63, 3.8) is 0 Å². The van der Waals surface area contributed by atoms with E-state index in [1.165, 1.54) is 13.2 Å². The van der Waals surface area contributed by atoms with Crippen LogP contribution in [0.2, 0.25) is 0 Å². The minimum atomic E-state index is -0.333. The molecule has 86 valence electrons. The minimum Gasteiger partial charge on any atom is -0.493 e. The number of methoxy groups -OCH3 is 1. The Balaban J connectivity index is 2.72. The number of nitrogens with two attached hydrogens (primary N) is 1. The maximum absolute atomic E-state index is 13.5. The van der Waals surface area contributed by atoms with Crippen LogP contribution in [0, 0.1) is 12.7 Å². The number of aryl methyl sites for hydroxylation is 1. The molecular weight excluding hydrogens is 207 g/mol. The van der Waals surface area contributed by atoms with Gasteiger partial charge in [-0.15, -0.1) is 0 Å². The van der Waals surface area contributed by atoms with Crippen LogP contribution < -0.4 is 10.5 Å². The number of halogens is 1. The van der Waals surface area contributed by atoms with Crippen LogP contribution in [0.1, 0.15) is 5.69 Å². The average molecular weight is 222 g/mol. The first-order valence-corrected chi connectivity index (χ1v) is 5.21. The summed E-state index contributed by atoms with van der Waals surface area (Å²) in [5, 5.41) is 0.799. The molecule has 1 aromatic heterocycles. The van der Waals surface area contributed by atoms with Crippen molar-refractivity contribution in [3.8, 4) is 5.75 Å². The summed E-state index contributed by atoms with van der Waals surface area (Å²) in [5.74, 6) is -0.0312. The Kier molecular flexibility index (Phi) is 2.83. The number of nitrogens with zero attached hydrogens (tertiary/aromatic N) is 1. The molecule has 0 fully saturated rings. The molecule has 0 saturated carbocycles. The average Bonchev–Trinajstić information content (AvgIpc) is 2.56. The molecular formula is C12H15FN2O. The maximum Gasteiger partial charge on any atom is 0.165 e. The van der Waals surface area contributed by atoms with Crippen molar-refractivity contribution in [2.45, 2.75) is 13.5 Å². The third kappa shape index (κ3) is 1.55. The van der Waals surface area contributed by atoms with Gasteiger partial charge in [0.1, 0.15) is 0 Å². The SMILES string of the molecule is COc1c(F)ccc2c1cc(C)n2CCN. The Morgan fingerprint density at radius 2 is 2.19 bits per heavy atom. The van der Waals surface area contributed by atoms with Gasteiger partial charge < -0.3 is 15.0 Å². The second-order valence-electron chi connectivity index (χ2n) is 3.74. The molecule has 0 atom stereocenters. The van der Waals surface area contributed by atoms with Crippen LogP contribution >= 0.6 is 0 Å². The summed E-state index contributed by atoms with van der Waals surface area (Å²) in [4.78, 5) is 0.